The second-order valence-electron chi connectivity index (χ2n) is 11.4. The molecule has 3 aromatic rings. The molecule has 218 valence electrons. The first-order valence-corrected chi connectivity index (χ1v) is 14.4. The van der Waals surface area contributed by atoms with Crippen LogP contribution in [0.2, 0.25) is 0 Å². The lowest BCUT2D eigenvalue weighted by Crippen LogP contribution is -2.41. The molecule has 9 nitrogen and oxygen atoms in total. The van der Waals surface area contributed by atoms with Crippen molar-refractivity contribution in [2.45, 2.75) is 58.1 Å². The van der Waals surface area contributed by atoms with Crippen LogP contribution < -0.4 is 10.2 Å². The van der Waals surface area contributed by atoms with Gasteiger partial charge < -0.3 is 25.0 Å². The number of aliphatic hydroxyl groups excluding tert-OH is 1. The minimum Gasteiger partial charge on any atom is -0.392 e. The zero-order valence-electron chi connectivity index (χ0n) is 23.6. The van der Waals surface area contributed by atoms with E-state index in [2.05, 4.69) is 27.1 Å². The molecule has 1 saturated heterocycles. The average Bonchev–Trinajstić information content (AvgIpc) is 3.37. The van der Waals surface area contributed by atoms with E-state index in [1.807, 2.05) is 19.9 Å². The number of nitrogens with one attached hydrogen (secondary N) is 1. The lowest BCUT2D eigenvalue weighted by molar-refractivity contribution is 0.0579. The van der Waals surface area contributed by atoms with Gasteiger partial charge in [0.15, 0.2) is 5.82 Å². The number of hydrogen-bond acceptors (Lipinski definition) is 8. The van der Waals surface area contributed by atoms with Crippen LogP contribution in [0.15, 0.2) is 30.3 Å². The van der Waals surface area contributed by atoms with E-state index in [0.717, 1.165) is 25.7 Å². The fraction of sp³-hybridized carbons (Fsp3) is 0.621. The van der Waals surface area contributed by atoms with Crippen molar-refractivity contribution in [1.29, 1.82) is 0 Å². The minimum atomic E-state index is -2.75. The highest BCUT2D eigenvalue weighted by molar-refractivity contribution is 5.78. The number of ether oxygens (including phenoxy) is 1. The number of rotatable bonds is 10. The SMILES string of the molecule is CC(C)C(O)CN(C)C1CCC(CNc2nc(N3CCOCC3)cc(-n3c(C(F)F)nc4ccccc43)n2)CC1. The molecule has 0 spiro atoms. The third-order valence-electron chi connectivity index (χ3n) is 8.28. The Balaban J connectivity index is 1.34. The van der Waals surface area contributed by atoms with Crippen LogP contribution in [0.25, 0.3) is 16.9 Å². The Morgan fingerprint density at radius 1 is 1.05 bits per heavy atom. The summed E-state index contributed by atoms with van der Waals surface area (Å²) in [4.78, 5) is 18.1. The van der Waals surface area contributed by atoms with Gasteiger partial charge in [-0.3, -0.25) is 4.57 Å². The van der Waals surface area contributed by atoms with Gasteiger partial charge in [-0.25, -0.2) is 13.8 Å². The Bertz CT molecular complexity index is 1260. The monoisotopic (exact) mass is 557 g/mol. The van der Waals surface area contributed by atoms with Crippen molar-refractivity contribution < 1.29 is 18.6 Å². The lowest BCUT2D eigenvalue weighted by Gasteiger charge is -2.36. The molecule has 0 bridgehead atoms. The van der Waals surface area contributed by atoms with Crippen LogP contribution in [-0.2, 0) is 4.74 Å². The molecule has 1 aromatic carbocycles. The van der Waals surface area contributed by atoms with Crippen molar-refractivity contribution in [3.05, 3.63) is 36.2 Å². The molecule has 2 aromatic heterocycles. The van der Waals surface area contributed by atoms with E-state index in [1.54, 1.807) is 24.3 Å². The number of anilines is 2. The van der Waals surface area contributed by atoms with Crippen LogP contribution in [0.5, 0.6) is 0 Å². The maximum atomic E-state index is 14.1. The molecular formula is C29H41F2N7O2. The topological polar surface area (TPSA) is 91.6 Å². The normalized spacial score (nSPS) is 21.1. The number of para-hydroxylation sites is 2. The summed E-state index contributed by atoms with van der Waals surface area (Å²) in [5.74, 6) is 1.86. The maximum Gasteiger partial charge on any atom is 0.296 e. The number of aliphatic hydroxyl groups is 1. The molecule has 40 heavy (non-hydrogen) atoms. The fourth-order valence-electron chi connectivity index (χ4n) is 5.68. The Morgan fingerprint density at radius 2 is 1.75 bits per heavy atom. The average molecular weight is 558 g/mol. The highest BCUT2D eigenvalue weighted by atomic mass is 19.3. The van der Waals surface area contributed by atoms with Crippen molar-refractivity contribution in [2.75, 3.05) is 56.7 Å². The molecule has 2 aliphatic rings. The van der Waals surface area contributed by atoms with Crippen molar-refractivity contribution in [2.24, 2.45) is 11.8 Å². The Hall–Kier alpha value is -2.89. The highest BCUT2D eigenvalue weighted by Crippen LogP contribution is 2.31. The number of nitrogens with zero attached hydrogens (tertiary/aromatic N) is 6. The highest BCUT2D eigenvalue weighted by Gasteiger charge is 2.27. The Labute approximate surface area is 234 Å². The maximum absolute atomic E-state index is 14.1. The quantitative estimate of drug-likeness (QED) is 0.376. The third kappa shape index (κ3) is 6.53. The predicted octanol–water partition coefficient (Wildman–Crippen LogP) is 4.51. The van der Waals surface area contributed by atoms with E-state index >= 15 is 0 Å². The zero-order chi connectivity index (χ0) is 28.2. The second kappa shape index (κ2) is 12.7. The summed E-state index contributed by atoms with van der Waals surface area (Å²) in [6, 6.07) is 9.37. The summed E-state index contributed by atoms with van der Waals surface area (Å²) in [5, 5.41) is 13.7. The van der Waals surface area contributed by atoms with Gasteiger partial charge in [-0.05, 0) is 56.7 Å². The van der Waals surface area contributed by atoms with E-state index in [9.17, 15) is 13.9 Å². The van der Waals surface area contributed by atoms with E-state index in [-0.39, 0.29) is 17.8 Å². The number of fused-ring (bicyclic) bond motifs is 1. The third-order valence-corrected chi connectivity index (χ3v) is 8.28. The number of hydrogen-bond donors (Lipinski definition) is 2. The van der Waals surface area contributed by atoms with Gasteiger partial charge in [0.25, 0.3) is 6.43 Å². The number of likely N-dealkylation sites (N-methyl/N-ethyl adjacent to an activating group) is 1. The standard InChI is InChI=1S/C29H41F2N7O2/c1-19(2)24(39)18-36(3)21-10-8-20(9-11-21)17-32-29-34-25(37-12-14-40-15-13-37)16-26(35-29)38-23-7-5-4-6-22(23)33-28(38)27(30)31/h4-7,16,19-21,24,27,39H,8-15,17-18H2,1-3H3,(H,32,34,35). The minimum absolute atomic E-state index is 0.248. The molecule has 2 N–H and O–H groups in total. The first-order chi connectivity index (χ1) is 19.3. The van der Waals surface area contributed by atoms with Gasteiger partial charge in [-0.15, -0.1) is 0 Å². The summed E-state index contributed by atoms with van der Waals surface area (Å²) < 4.78 is 35.2. The van der Waals surface area contributed by atoms with Gasteiger partial charge in [0.2, 0.25) is 5.95 Å². The first-order valence-electron chi connectivity index (χ1n) is 14.4. The number of aromatic nitrogens is 4. The summed E-state index contributed by atoms with van der Waals surface area (Å²) in [7, 11) is 2.11. The lowest BCUT2D eigenvalue weighted by atomic mass is 9.85. The molecule has 1 aliphatic carbocycles. The molecule has 0 amide bonds. The van der Waals surface area contributed by atoms with Gasteiger partial charge in [0.05, 0.1) is 30.4 Å². The van der Waals surface area contributed by atoms with Gasteiger partial charge in [0.1, 0.15) is 11.6 Å². The summed E-state index contributed by atoms with van der Waals surface area (Å²) in [6.45, 7) is 8.02. The largest absolute Gasteiger partial charge is 0.392 e. The summed E-state index contributed by atoms with van der Waals surface area (Å²) >= 11 is 0. The van der Waals surface area contributed by atoms with Crippen molar-refractivity contribution in [3.63, 3.8) is 0 Å². The number of alkyl halides is 2. The second-order valence-corrected chi connectivity index (χ2v) is 11.4. The molecule has 0 radical (unpaired) electrons. The van der Waals surface area contributed by atoms with Gasteiger partial charge in [-0.2, -0.15) is 9.97 Å². The molecule has 1 unspecified atom stereocenters. The fourth-order valence-corrected chi connectivity index (χ4v) is 5.68. The van der Waals surface area contributed by atoms with Crippen molar-refractivity contribution in [1.82, 2.24) is 24.4 Å². The molecule has 3 heterocycles. The molecule has 1 saturated carbocycles. The van der Waals surface area contributed by atoms with Crippen molar-refractivity contribution in [3.8, 4) is 5.82 Å². The van der Waals surface area contributed by atoms with E-state index in [0.29, 0.717) is 80.0 Å². The molecule has 11 heteroatoms. The number of imidazole rings is 1. The Kier molecular flexibility index (Phi) is 9.12. The molecular weight excluding hydrogens is 516 g/mol. The van der Waals surface area contributed by atoms with Gasteiger partial charge in [0, 0.05) is 38.3 Å². The van der Waals surface area contributed by atoms with Gasteiger partial charge in [-0.1, -0.05) is 26.0 Å². The number of halogens is 2. The van der Waals surface area contributed by atoms with Crippen LogP contribution in [0.1, 0.15) is 51.8 Å². The predicted molar refractivity (Wildman–Crippen MR) is 152 cm³/mol. The summed E-state index contributed by atoms with van der Waals surface area (Å²) in [6.07, 6.45) is 1.22. The van der Waals surface area contributed by atoms with Crippen molar-refractivity contribution >= 4 is 22.8 Å². The smallest absolute Gasteiger partial charge is 0.296 e. The molecule has 1 atom stereocenters. The van der Waals surface area contributed by atoms with Gasteiger partial charge >= 0.3 is 0 Å². The van der Waals surface area contributed by atoms with Crippen LogP contribution >= 0.6 is 0 Å². The van der Waals surface area contributed by atoms with E-state index < -0.39 is 6.43 Å². The van der Waals surface area contributed by atoms with Crippen LogP contribution in [0.4, 0.5) is 20.5 Å². The van der Waals surface area contributed by atoms with Crippen LogP contribution in [-0.4, -0.2) is 88.1 Å². The molecule has 1 aliphatic heterocycles. The molecule has 5 rings (SSSR count). The Morgan fingerprint density at radius 3 is 2.45 bits per heavy atom. The number of benzene rings is 1. The first kappa shape index (κ1) is 28.6. The molecule has 2 fully saturated rings. The zero-order valence-corrected chi connectivity index (χ0v) is 23.6. The number of morpholine rings is 1. The summed E-state index contributed by atoms with van der Waals surface area (Å²) in [5.41, 5.74) is 1.09. The van der Waals surface area contributed by atoms with Crippen LogP contribution in [0, 0.1) is 11.8 Å². The van der Waals surface area contributed by atoms with Crippen LogP contribution in [0.3, 0.4) is 0 Å². The van der Waals surface area contributed by atoms with E-state index in [4.69, 9.17) is 14.7 Å². The van der Waals surface area contributed by atoms with E-state index in [1.165, 1.54) is 4.57 Å².